The molecule has 0 aliphatic carbocycles. The van der Waals surface area contributed by atoms with E-state index in [0.717, 1.165) is 39.0 Å². The minimum atomic E-state index is 0.210. The van der Waals surface area contributed by atoms with Crippen LogP contribution in [0.25, 0.3) is 0 Å². The molecule has 1 rings (SSSR count). The maximum absolute atomic E-state index is 12.2. The third kappa shape index (κ3) is 3.20. The van der Waals surface area contributed by atoms with Crippen LogP contribution in [0.1, 0.15) is 33.6 Å². The molecule has 88 valence electrons. The molecule has 0 bridgehead atoms. The molecule has 3 heteroatoms. The van der Waals surface area contributed by atoms with Crippen molar-refractivity contribution in [2.75, 3.05) is 26.2 Å². The Labute approximate surface area is 93.2 Å². The van der Waals surface area contributed by atoms with E-state index in [-0.39, 0.29) is 5.92 Å². The Kier molecular flexibility index (Phi) is 5.09. The average Bonchev–Trinajstić information content (AvgIpc) is 2.65. The molecule has 1 aliphatic rings. The number of carbonyl (C=O) groups excluding carboxylic acids is 1. The highest BCUT2D eigenvalue weighted by Gasteiger charge is 2.31. The number of nitrogens with one attached hydrogen (secondary N) is 1. The molecule has 1 aliphatic heterocycles. The number of amides is 1. The fourth-order valence-electron chi connectivity index (χ4n) is 2.15. The smallest absolute Gasteiger partial charge is 0.227 e. The van der Waals surface area contributed by atoms with Crippen LogP contribution in [0, 0.1) is 11.8 Å². The summed E-state index contributed by atoms with van der Waals surface area (Å²) in [5.74, 6) is 1.05. The highest BCUT2D eigenvalue weighted by atomic mass is 16.2. The van der Waals surface area contributed by atoms with Gasteiger partial charge in [-0.05, 0) is 25.8 Å². The molecule has 1 heterocycles. The van der Waals surface area contributed by atoms with Crippen LogP contribution < -0.4 is 5.32 Å². The summed E-state index contributed by atoms with van der Waals surface area (Å²) in [6.45, 7) is 10.0. The number of carbonyl (C=O) groups is 1. The Bertz CT molecular complexity index is 206. The van der Waals surface area contributed by atoms with Gasteiger partial charge in [-0.15, -0.1) is 0 Å². The van der Waals surface area contributed by atoms with E-state index >= 15 is 0 Å². The summed E-state index contributed by atoms with van der Waals surface area (Å²) < 4.78 is 0. The number of nitrogens with zero attached hydrogens (tertiary/aromatic N) is 1. The second kappa shape index (κ2) is 6.11. The third-order valence-corrected chi connectivity index (χ3v) is 3.31. The lowest BCUT2D eigenvalue weighted by Gasteiger charge is -2.25. The Balaban J connectivity index is 2.48. The molecule has 0 aromatic rings. The van der Waals surface area contributed by atoms with Gasteiger partial charge < -0.3 is 10.2 Å². The van der Waals surface area contributed by atoms with Gasteiger partial charge in [-0.3, -0.25) is 4.79 Å². The Morgan fingerprint density at radius 2 is 2.13 bits per heavy atom. The summed E-state index contributed by atoms with van der Waals surface area (Å²) in [6, 6.07) is 0. The standard InChI is InChI=1S/C12H24N2O/c1-4-6-7-14(5-2)12(15)11-9-13-8-10(11)3/h10-11,13H,4-9H2,1-3H3/t10-,11-/m1/s1. The largest absolute Gasteiger partial charge is 0.343 e. The highest BCUT2D eigenvalue weighted by molar-refractivity contribution is 5.79. The van der Waals surface area contributed by atoms with Crippen LogP contribution in [0.5, 0.6) is 0 Å². The van der Waals surface area contributed by atoms with Crippen LogP contribution in [0.3, 0.4) is 0 Å². The zero-order valence-corrected chi connectivity index (χ0v) is 10.3. The quantitative estimate of drug-likeness (QED) is 0.749. The first-order chi connectivity index (χ1) is 7.20. The van der Waals surface area contributed by atoms with Gasteiger partial charge in [-0.2, -0.15) is 0 Å². The zero-order valence-electron chi connectivity index (χ0n) is 10.3. The molecule has 1 N–H and O–H groups in total. The monoisotopic (exact) mass is 212 g/mol. The van der Waals surface area contributed by atoms with Crippen molar-refractivity contribution >= 4 is 5.91 Å². The van der Waals surface area contributed by atoms with E-state index in [2.05, 4.69) is 26.1 Å². The summed E-state index contributed by atoms with van der Waals surface area (Å²) >= 11 is 0. The van der Waals surface area contributed by atoms with Gasteiger partial charge in [0, 0.05) is 19.6 Å². The molecule has 2 atom stereocenters. The Hall–Kier alpha value is -0.570. The molecule has 0 aromatic heterocycles. The lowest BCUT2D eigenvalue weighted by molar-refractivity contribution is -0.135. The first kappa shape index (κ1) is 12.5. The highest BCUT2D eigenvalue weighted by Crippen LogP contribution is 2.18. The lowest BCUT2D eigenvalue weighted by Crippen LogP contribution is -2.39. The van der Waals surface area contributed by atoms with Crippen molar-refractivity contribution in [1.82, 2.24) is 10.2 Å². The van der Waals surface area contributed by atoms with Crippen molar-refractivity contribution in [1.29, 1.82) is 0 Å². The second-order valence-electron chi connectivity index (χ2n) is 4.51. The normalized spacial score (nSPS) is 25.5. The number of unbranched alkanes of at least 4 members (excludes halogenated alkanes) is 1. The van der Waals surface area contributed by atoms with E-state index in [1.807, 2.05) is 4.90 Å². The molecule has 3 nitrogen and oxygen atoms in total. The molecule has 0 aromatic carbocycles. The maximum Gasteiger partial charge on any atom is 0.227 e. The number of hydrogen-bond donors (Lipinski definition) is 1. The summed E-state index contributed by atoms with van der Waals surface area (Å²) in [6.07, 6.45) is 2.27. The minimum Gasteiger partial charge on any atom is -0.343 e. The predicted octanol–water partition coefficient (Wildman–Crippen LogP) is 1.49. The van der Waals surface area contributed by atoms with E-state index in [0.29, 0.717) is 11.8 Å². The van der Waals surface area contributed by atoms with Crippen LogP contribution in [0.15, 0.2) is 0 Å². The molecule has 1 saturated heterocycles. The van der Waals surface area contributed by atoms with Crippen molar-refractivity contribution in [3.05, 3.63) is 0 Å². The summed E-state index contributed by atoms with van der Waals surface area (Å²) in [5.41, 5.74) is 0. The minimum absolute atomic E-state index is 0.210. The van der Waals surface area contributed by atoms with Crippen LogP contribution in [0.4, 0.5) is 0 Å². The molecule has 0 spiro atoms. The fraction of sp³-hybridized carbons (Fsp3) is 0.917. The van der Waals surface area contributed by atoms with E-state index in [4.69, 9.17) is 0 Å². The van der Waals surface area contributed by atoms with E-state index in [1.54, 1.807) is 0 Å². The fourth-order valence-corrected chi connectivity index (χ4v) is 2.15. The van der Waals surface area contributed by atoms with Crippen molar-refractivity contribution < 1.29 is 4.79 Å². The Morgan fingerprint density at radius 3 is 2.60 bits per heavy atom. The molecular formula is C12H24N2O. The first-order valence-corrected chi connectivity index (χ1v) is 6.20. The van der Waals surface area contributed by atoms with Crippen LogP contribution in [-0.4, -0.2) is 37.0 Å². The van der Waals surface area contributed by atoms with Crippen molar-refractivity contribution in [2.45, 2.75) is 33.6 Å². The van der Waals surface area contributed by atoms with Crippen molar-refractivity contribution in [3.63, 3.8) is 0 Å². The molecule has 15 heavy (non-hydrogen) atoms. The van der Waals surface area contributed by atoms with Gasteiger partial charge in [-0.1, -0.05) is 20.3 Å². The molecule has 1 amide bonds. The van der Waals surface area contributed by atoms with Gasteiger partial charge in [-0.25, -0.2) is 0 Å². The number of hydrogen-bond acceptors (Lipinski definition) is 2. The summed E-state index contributed by atoms with van der Waals surface area (Å²) in [4.78, 5) is 14.2. The van der Waals surface area contributed by atoms with Gasteiger partial charge in [0.05, 0.1) is 5.92 Å². The average molecular weight is 212 g/mol. The number of rotatable bonds is 5. The summed E-state index contributed by atoms with van der Waals surface area (Å²) in [7, 11) is 0. The molecule has 1 fully saturated rings. The third-order valence-electron chi connectivity index (χ3n) is 3.31. The molecule has 0 saturated carbocycles. The van der Waals surface area contributed by atoms with Gasteiger partial charge in [0.15, 0.2) is 0 Å². The second-order valence-corrected chi connectivity index (χ2v) is 4.51. The van der Waals surface area contributed by atoms with Crippen LogP contribution in [0.2, 0.25) is 0 Å². The zero-order chi connectivity index (χ0) is 11.3. The van der Waals surface area contributed by atoms with Gasteiger partial charge >= 0.3 is 0 Å². The van der Waals surface area contributed by atoms with Gasteiger partial charge in [0.2, 0.25) is 5.91 Å². The first-order valence-electron chi connectivity index (χ1n) is 6.20. The SMILES string of the molecule is CCCCN(CC)C(=O)[C@@H]1CNC[C@H]1C. The van der Waals surface area contributed by atoms with E-state index in [9.17, 15) is 4.79 Å². The van der Waals surface area contributed by atoms with Gasteiger partial charge in [0.25, 0.3) is 0 Å². The molecule has 0 unspecified atom stereocenters. The van der Waals surface area contributed by atoms with E-state index < -0.39 is 0 Å². The summed E-state index contributed by atoms with van der Waals surface area (Å²) in [5, 5.41) is 3.29. The topological polar surface area (TPSA) is 32.3 Å². The maximum atomic E-state index is 12.2. The van der Waals surface area contributed by atoms with Crippen molar-refractivity contribution in [3.8, 4) is 0 Å². The predicted molar refractivity (Wildman–Crippen MR) is 62.7 cm³/mol. The lowest BCUT2D eigenvalue weighted by atomic mass is 9.96. The van der Waals surface area contributed by atoms with Crippen LogP contribution >= 0.6 is 0 Å². The van der Waals surface area contributed by atoms with E-state index in [1.165, 1.54) is 0 Å². The van der Waals surface area contributed by atoms with Crippen LogP contribution in [-0.2, 0) is 4.79 Å². The molecule has 0 radical (unpaired) electrons. The van der Waals surface area contributed by atoms with Crippen molar-refractivity contribution in [2.24, 2.45) is 11.8 Å². The van der Waals surface area contributed by atoms with Gasteiger partial charge in [0.1, 0.15) is 0 Å². The Morgan fingerprint density at radius 1 is 1.40 bits per heavy atom. The molecular weight excluding hydrogens is 188 g/mol.